The molecule has 0 fully saturated rings. The number of amides is 2. The maximum atomic E-state index is 12.1. The molecule has 0 saturated heterocycles. The highest BCUT2D eigenvalue weighted by Gasteiger charge is 2.07. The van der Waals surface area contributed by atoms with Crippen LogP contribution in [-0.2, 0) is 16.0 Å². The van der Waals surface area contributed by atoms with Gasteiger partial charge in [-0.05, 0) is 61.7 Å². The molecule has 0 saturated carbocycles. The quantitative estimate of drug-likeness (QED) is 0.594. The van der Waals surface area contributed by atoms with Gasteiger partial charge in [-0.25, -0.2) is 5.43 Å². The summed E-state index contributed by atoms with van der Waals surface area (Å²) in [7, 11) is 0. The first-order chi connectivity index (χ1) is 12.3. The van der Waals surface area contributed by atoms with Crippen molar-refractivity contribution < 1.29 is 9.59 Å². The van der Waals surface area contributed by atoms with Crippen molar-refractivity contribution in [1.29, 1.82) is 0 Å². The number of benzene rings is 2. The number of hydrogen-bond donors (Lipinski definition) is 2. The van der Waals surface area contributed by atoms with E-state index in [1.807, 2.05) is 32.0 Å². The minimum atomic E-state index is -0.249. The van der Waals surface area contributed by atoms with Gasteiger partial charge in [-0.2, -0.15) is 5.10 Å². The molecule has 6 heteroatoms. The summed E-state index contributed by atoms with van der Waals surface area (Å²) in [5.74, 6) is -0.426. The Labute approximate surface area is 158 Å². The number of carbonyl (C=O) groups is 2. The fraction of sp³-hybridized carbons (Fsp3) is 0.250. The lowest BCUT2D eigenvalue weighted by molar-refractivity contribution is -0.120. The van der Waals surface area contributed by atoms with E-state index >= 15 is 0 Å². The SMILES string of the molecule is C/C(CC(=O)Nc1cc(C)cc(C)c1)=N/NC(=O)Cc1ccc(Cl)cc1. The average Bonchev–Trinajstić information content (AvgIpc) is 2.54. The van der Waals surface area contributed by atoms with Crippen molar-refractivity contribution in [1.82, 2.24) is 5.43 Å². The summed E-state index contributed by atoms with van der Waals surface area (Å²) in [5, 5.41) is 7.45. The van der Waals surface area contributed by atoms with Gasteiger partial charge in [0.1, 0.15) is 0 Å². The number of aryl methyl sites for hydroxylation is 2. The Morgan fingerprint density at radius 2 is 1.62 bits per heavy atom. The molecule has 26 heavy (non-hydrogen) atoms. The van der Waals surface area contributed by atoms with E-state index in [9.17, 15) is 9.59 Å². The maximum Gasteiger partial charge on any atom is 0.244 e. The van der Waals surface area contributed by atoms with E-state index in [0.29, 0.717) is 10.7 Å². The summed E-state index contributed by atoms with van der Waals surface area (Å²) in [6, 6.07) is 12.9. The average molecular weight is 372 g/mol. The van der Waals surface area contributed by atoms with Gasteiger partial charge in [-0.3, -0.25) is 9.59 Å². The van der Waals surface area contributed by atoms with Gasteiger partial charge < -0.3 is 5.32 Å². The van der Waals surface area contributed by atoms with Gasteiger partial charge in [0.05, 0.1) is 12.8 Å². The van der Waals surface area contributed by atoms with Crippen LogP contribution in [0.3, 0.4) is 0 Å². The van der Waals surface area contributed by atoms with E-state index in [0.717, 1.165) is 22.4 Å². The molecule has 2 aromatic carbocycles. The molecular weight excluding hydrogens is 350 g/mol. The van der Waals surface area contributed by atoms with E-state index < -0.39 is 0 Å². The van der Waals surface area contributed by atoms with Crippen LogP contribution >= 0.6 is 11.6 Å². The minimum Gasteiger partial charge on any atom is -0.326 e. The molecule has 2 N–H and O–H groups in total. The zero-order valence-electron chi connectivity index (χ0n) is 15.1. The number of halogens is 1. The summed E-state index contributed by atoms with van der Waals surface area (Å²) in [5.41, 5.74) is 6.76. The second-order valence-corrected chi connectivity index (χ2v) is 6.72. The molecule has 0 heterocycles. The Hall–Kier alpha value is -2.66. The molecule has 0 aromatic heterocycles. The molecule has 0 unspecified atom stereocenters. The Bertz CT molecular complexity index is 809. The van der Waals surface area contributed by atoms with E-state index in [4.69, 9.17) is 11.6 Å². The highest BCUT2D eigenvalue weighted by molar-refractivity contribution is 6.30. The number of nitrogens with zero attached hydrogens (tertiary/aromatic N) is 1. The lowest BCUT2D eigenvalue weighted by Gasteiger charge is -2.08. The first-order valence-corrected chi connectivity index (χ1v) is 8.64. The molecule has 0 radical (unpaired) electrons. The predicted octanol–water partition coefficient (Wildman–Crippen LogP) is 4.02. The number of hydrazone groups is 1. The number of anilines is 1. The van der Waals surface area contributed by atoms with Gasteiger partial charge in [0.25, 0.3) is 0 Å². The smallest absolute Gasteiger partial charge is 0.244 e. The second-order valence-electron chi connectivity index (χ2n) is 6.29. The molecule has 2 amide bonds. The normalized spacial score (nSPS) is 11.2. The highest BCUT2D eigenvalue weighted by atomic mass is 35.5. The number of rotatable bonds is 6. The number of nitrogens with one attached hydrogen (secondary N) is 2. The lowest BCUT2D eigenvalue weighted by Crippen LogP contribution is -2.22. The van der Waals surface area contributed by atoms with E-state index in [2.05, 4.69) is 15.8 Å². The molecule has 0 aliphatic heterocycles. The fourth-order valence-electron chi connectivity index (χ4n) is 2.51. The summed E-state index contributed by atoms with van der Waals surface area (Å²) in [6.45, 7) is 5.65. The predicted molar refractivity (Wildman–Crippen MR) is 106 cm³/mol. The second kappa shape index (κ2) is 9.15. The van der Waals surface area contributed by atoms with Crippen molar-refractivity contribution in [3.05, 3.63) is 64.2 Å². The molecule has 0 aliphatic rings. The Balaban J connectivity index is 1.83. The zero-order valence-corrected chi connectivity index (χ0v) is 15.9. The summed E-state index contributed by atoms with van der Waals surface area (Å²) >= 11 is 5.81. The molecule has 2 aromatic rings. The van der Waals surface area contributed by atoms with Crippen molar-refractivity contribution in [2.24, 2.45) is 5.10 Å². The molecule has 136 valence electrons. The van der Waals surface area contributed by atoms with Crippen LogP contribution < -0.4 is 10.7 Å². The largest absolute Gasteiger partial charge is 0.326 e. The zero-order chi connectivity index (χ0) is 19.1. The summed E-state index contributed by atoms with van der Waals surface area (Å²) < 4.78 is 0. The standard InChI is InChI=1S/C20H22ClN3O2/c1-13-8-14(2)10-18(9-13)22-19(25)11-15(3)23-24-20(26)12-16-4-6-17(21)7-5-16/h4-10H,11-12H2,1-3H3,(H,22,25)(H,24,26)/b23-15-. The van der Waals surface area contributed by atoms with Crippen LogP contribution in [-0.4, -0.2) is 17.5 Å². The monoisotopic (exact) mass is 371 g/mol. The van der Waals surface area contributed by atoms with Crippen LogP contribution in [0.5, 0.6) is 0 Å². The van der Waals surface area contributed by atoms with E-state index in [1.54, 1.807) is 31.2 Å². The van der Waals surface area contributed by atoms with Crippen LogP contribution in [0.4, 0.5) is 5.69 Å². The molecule has 0 aliphatic carbocycles. The van der Waals surface area contributed by atoms with Crippen LogP contribution in [0.25, 0.3) is 0 Å². The molecule has 5 nitrogen and oxygen atoms in total. The van der Waals surface area contributed by atoms with Gasteiger partial charge in [-0.1, -0.05) is 29.8 Å². The summed E-state index contributed by atoms with van der Waals surface area (Å²) in [6.07, 6.45) is 0.303. The lowest BCUT2D eigenvalue weighted by atomic mass is 10.1. The maximum absolute atomic E-state index is 12.1. The van der Waals surface area contributed by atoms with Gasteiger partial charge in [0, 0.05) is 16.4 Å². The van der Waals surface area contributed by atoms with Crippen LogP contribution in [0.15, 0.2) is 47.6 Å². The highest BCUT2D eigenvalue weighted by Crippen LogP contribution is 2.14. The van der Waals surface area contributed by atoms with Gasteiger partial charge in [-0.15, -0.1) is 0 Å². The molecular formula is C20H22ClN3O2. The topological polar surface area (TPSA) is 70.6 Å². The van der Waals surface area contributed by atoms with Crippen LogP contribution in [0.1, 0.15) is 30.0 Å². The first kappa shape index (κ1) is 19.7. The van der Waals surface area contributed by atoms with Crippen molar-refractivity contribution >= 4 is 34.8 Å². The van der Waals surface area contributed by atoms with Crippen molar-refractivity contribution in [3.63, 3.8) is 0 Å². The molecule has 0 atom stereocenters. The van der Waals surface area contributed by atoms with Crippen molar-refractivity contribution in [2.75, 3.05) is 5.32 Å². The van der Waals surface area contributed by atoms with Gasteiger partial charge in [0.15, 0.2) is 0 Å². The minimum absolute atomic E-state index is 0.105. The van der Waals surface area contributed by atoms with Gasteiger partial charge in [0.2, 0.25) is 11.8 Å². The van der Waals surface area contributed by atoms with Crippen molar-refractivity contribution in [3.8, 4) is 0 Å². The molecule has 0 spiro atoms. The number of hydrogen-bond acceptors (Lipinski definition) is 3. The van der Waals surface area contributed by atoms with E-state index in [-0.39, 0.29) is 24.7 Å². The van der Waals surface area contributed by atoms with E-state index in [1.165, 1.54) is 0 Å². The van der Waals surface area contributed by atoms with Crippen LogP contribution in [0, 0.1) is 13.8 Å². The third kappa shape index (κ3) is 6.69. The Morgan fingerprint density at radius 1 is 1.00 bits per heavy atom. The third-order valence-electron chi connectivity index (χ3n) is 3.57. The Morgan fingerprint density at radius 3 is 2.23 bits per heavy atom. The Kier molecular flexibility index (Phi) is 6.92. The van der Waals surface area contributed by atoms with Gasteiger partial charge >= 0.3 is 0 Å². The third-order valence-corrected chi connectivity index (χ3v) is 3.82. The van der Waals surface area contributed by atoms with Crippen LogP contribution in [0.2, 0.25) is 5.02 Å². The number of carbonyl (C=O) groups excluding carboxylic acids is 2. The molecule has 2 rings (SSSR count). The summed E-state index contributed by atoms with van der Waals surface area (Å²) in [4.78, 5) is 24.0. The van der Waals surface area contributed by atoms with Crippen molar-refractivity contribution in [2.45, 2.75) is 33.6 Å². The first-order valence-electron chi connectivity index (χ1n) is 8.26. The molecule has 0 bridgehead atoms. The fourth-order valence-corrected chi connectivity index (χ4v) is 2.63.